The molecule has 2 aromatic heterocycles. The van der Waals surface area contributed by atoms with Crippen molar-refractivity contribution in [3.8, 4) is 0 Å². The Balaban J connectivity index is 1.81. The van der Waals surface area contributed by atoms with Crippen molar-refractivity contribution in [2.75, 3.05) is 30.3 Å². The zero-order chi connectivity index (χ0) is 18.4. The molecule has 0 unspecified atom stereocenters. The summed E-state index contributed by atoms with van der Waals surface area (Å²) >= 11 is 6.30. The second kappa shape index (κ2) is 6.78. The zero-order valence-corrected chi connectivity index (χ0v) is 14.7. The number of anilines is 2. The van der Waals surface area contributed by atoms with Crippen LogP contribution >= 0.6 is 11.6 Å². The molecule has 2 aliphatic heterocycles. The highest BCUT2D eigenvalue weighted by atomic mass is 35.5. The Labute approximate surface area is 154 Å². The van der Waals surface area contributed by atoms with Gasteiger partial charge in [0.25, 0.3) is 0 Å². The van der Waals surface area contributed by atoms with Crippen LogP contribution in [-0.4, -0.2) is 72.8 Å². The van der Waals surface area contributed by atoms with Gasteiger partial charge in [-0.1, -0.05) is 0 Å². The second-order valence-corrected chi connectivity index (χ2v) is 6.94. The lowest BCUT2D eigenvalue weighted by Gasteiger charge is -2.27. The van der Waals surface area contributed by atoms with E-state index in [0.29, 0.717) is 17.0 Å². The number of halogens is 1. The predicted molar refractivity (Wildman–Crippen MR) is 93.8 cm³/mol. The third-order valence-electron chi connectivity index (χ3n) is 4.92. The lowest BCUT2D eigenvalue weighted by atomic mass is 10.1. The van der Waals surface area contributed by atoms with Crippen molar-refractivity contribution in [1.29, 1.82) is 0 Å². The molecule has 2 aliphatic rings. The fourth-order valence-electron chi connectivity index (χ4n) is 3.59. The maximum Gasteiger partial charge on any atom is 0.224 e. The van der Waals surface area contributed by atoms with E-state index in [4.69, 9.17) is 22.1 Å². The van der Waals surface area contributed by atoms with Gasteiger partial charge in [0.05, 0.1) is 6.61 Å². The van der Waals surface area contributed by atoms with Crippen LogP contribution in [0, 0.1) is 0 Å². The number of nitrogens with two attached hydrogens (primary N) is 1. The zero-order valence-electron chi connectivity index (χ0n) is 14.0. The van der Waals surface area contributed by atoms with Crippen molar-refractivity contribution in [2.24, 2.45) is 0 Å². The van der Waals surface area contributed by atoms with Crippen LogP contribution in [0.2, 0.25) is 5.28 Å². The molecule has 11 heteroatoms. The molecular weight excluding hydrogens is 364 g/mol. The largest absolute Gasteiger partial charge is 0.394 e. The molecule has 4 rings (SSSR count). The quantitative estimate of drug-likeness (QED) is 0.522. The monoisotopic (exact) mass is 384 g/mol. The van der Waals surface area contributed by atoms with Crippen LogP contribution in [0.5, 0.6) is 0 Å². The number of nitrogens with zero attached hydrogens (tertiary/aromatic N) is 5. The fourth-order valence-corrected chi connectivity index (χ4v) is 3.86. The molecule has 0 spiro atoms. The number of fused-ring (bicyclic) bond motifs is 1. The van der Waals surface area contributed by atoms with Crippen molar-refractivity contribution in [2.45, 2.75) is 43.8 Å². The Morgan fingerprint density at radius 3 is 2.50 bits per heavy atom. The summed E-state index contributed by atoms with van der Waals surface area (Å²) in [5.41, 5.74) is 6.68. The van der Waals surface area contributed by atoms with E-state index in [9.17, 15) is 15.3 Å². The minimum absolute atomic E-state index is 0.0352. The third-order valence-corrected chi connectivity index (χ3v) is 5.19. The maximum atomic E-state index is 10.3. The number of piperidine rings is 1. The van der Waals surface area contributed by atoms with Crippen molar-refractivity contribution in [3.05, 3.63) is 5.28 Å². The number of rotatable bonds is 3. The van der Waals surface area contributed by atoms with Crippen molar-refractivity contribution in [1.82, 2.24) is 19.5 Å². The molecule has 2 saturated heterocycles. The molecule has 10 nitrogen and oxygen atoms in total. The number of hydrogen-bond acceptors (Lipinski definition) is 9. The first kappa shape index (κ1) is 17.7. The van der Waals surface area contributed by atoms with Crippen molar-refractivity contribution >= 4 is 34.5 Å². The molecule has 0 saturated carbocycles. The van der Waals surface area contributed by atoms with E-state index in [2.05, 4.69) is 19.9 Å². The van der Waals surface area contributed by atoms with Crippen LogP contribution in [0.25, 0.3) is 11.2 Å². The molecule has 4 heterocycles. The van der Waals surface area contributed by atoms with Crippen LogP contribution in [0.1, 0.15) is 25.5 Å². The molecule has 2 fully saturated rings. The predicted octanol–water partition coefficient (Wildman–Crippen LogP) is -0.336. The SMILES string of the molecule is Nc1nc(N2CCCCC2)c2nc(Cl)n([C@@H]3O[C@@H](CO)[C@@H](O)[C@@H]3O)c2n1. The van der Waals surface area contributed by atoms with Gasteiger partial charge in [0, 0.05) is 13.1 Å². The van der Waals surface area contributed by atoms with Gasteiger partial charge in [-0.2, -0.15) is 9.97 Å². The van der Waals surface area contributed by atoms with Gasteiger partial charge < -0.3 is 30.7 Å². The number of nitrogen functional groups attached to an aromatic ring is 1. The number of aliphatic hydroxyl groups is 3. The van der Waals surface area contributed by atoms with Gasteiger partial charge in [0.15, 0.2) is 23.2 Å². The first-order valence-electron chi connectivity index (χ1n) is 8.59. The number of ether oxygens (including phenoxy) is 1. The molecule has 0 amide bonds. The number of imidazole rings is 1. The Bertz CT molecular complexity index is 811. The van der Waals surface area contributed by atoms with Crippen molar-refractivity contribution in [3.63, 3.8) is 0 Å². The molecule has 142 valence electrons. The minimum atomic E-state index is -1.29. The Morgan fingerprint density at radius 1 is 1.12 bits per heavy atom. The standard InChI is InChI=1S/C15H21ClN6O4/c16-14-18-8-11(21-4-2-1-3-5-21)19-15(17)20-12(8)22(14)13-10(25)9(24)7(6-23)26-13/h7,9-10,13,23-25H,1-6H2,(H2,17,19,20)/t7-,9+,10-,13+/m0/s1. The van der Waals surface area contributed by atoms with Crippen LogP contribution < -0.4 is 10.6 Å². The van der Waals surface area contributed by atoms with Gasteiger partial charge in [-0.3, -0.25) is 4.57 Å². The summed E-state index contributed by atoms with van der Waals surface area (Å²) in [6, 6.07) is 0. The van der Waals surface area contributed by atoms with E-state index in [1.54, 1.807) is 0 Å². The van der Waals surface area contributed by atoms with Crippen LogP contribution in [0.4, 0.5) is 11.8 Å². The molecule has 0 aliphatic carbocycles. The molecule has 0 aromatic carbocycles. The first-order valence-corrected chi connectivity index (χ1v) is 8.97. The average Bonchev–Trinajstić information content (AvgIpc) is 3.11. The van der Waals surface area contributed by atoms with Crippen LogP contribution in [-0.2, 0) is 4.74 Å². The van der Waals surface area contributed by atoms with Crippen LogP contribution in [0.3, 0.4) is 0 Å². The molecule has 5 N–H and O–H groups in total. The Hall–Kier alpha value is -1.72. The summed E-state index contributed by atoms with van der Waals surface area (Å²) < 4.78 is 6.95. The maximum absolute atomic E-state index is 10.3. The number of aliphatic hydroxyl groups excluding tert-OH is 3. The van der Waals surface area contributed by atoms with Gasteiger partial charge in [0.2, 0.25) is 11.2 Å². The van der Waals surface area contributed by atoms with Crippen molar-refractivity contribution < 1.29 is 20.1 Å². The molecule has 4 atom stereocenters. The van der Waals surface area contributed by atoms with Gasteiger partial charge in [0.1, 0.15) is 18.3 Å². The van der Waals surface area contributed by atoms with E-state index < -0.39 is 31.1 Å². The summed E-state index contributed by atoms with van der Waals surface area (Å²) in [4.78, 5) is 15.0. The number of aromatic nitrogens is 4. The minimum Gasteiger partial charge on any atom is -0.394 e. The third kappa shape index (κ3) is 2.78. The fraction of sp³-hybridized carbons (Fsp3) is 0.667. The van der Waals surface area contributed by atoms with Gasteiger partial charge in [-0.15, -0.1) is 0 Å². The highest BCUT2D eigenvalue weighted by molar-refractivity contribution is 6.29. The first-order chi connectivity index (χ1) is 12.5. The van der Waals surface area contributed by atoms with Crippen LogP contribution in [0.15, 0.2) is 0 Å². The highest BCUT2D eigenvalue weighted by Gasteiger charge is 2.45. The summed E-state index contributed by atoms with van der Waals surface area (Å²) in [7, 11) is 0. The summed E-state index contributed by atoms with van der Waals surface area (Å²) in [6.45, 7) is 1.24. The molecule has 2 aromatic rings. The van der Waals surface area contributed by atoms with Gasteiger partial charge in [-0.25, -0.2) is 4.98 Å². The molecule has 0 bridgehead atoms. The van der Waals surface area contributed by atoms with E-state index >= 15 is 0 Å². The van der Waals surface area contributed by atoms with Gasteiger partial charge >= 0.3 is 0 Å². The lowest BCUT2D eigenvalue weighted by molar-refractivity contribution is -0.0509. The smallest absolute Gasteiger partial charge is 0.224 e. The summed E-state index contributed by atoms with van der Waals surface area (Å²) in [5, 5.41) is 29.7. The van der Waals surface area contributed by atoms with E-state index in [-0.39, 0.29) is 11.2 Å². The lowest BCUT2D eigenvalue weighted by Crippen LogP contribution is -2.33. The normalized spacial score (nSPS) is 29.6. The molecule has 0 radical (unpaired) electrons. The van der Waals surface area contributed by atoms with E-state index in [1.165, 1.54) is 4.57 Å². The second-order valence-electron chi connectivity index (χ2n) is 6.61. The summed E-state index contributed by atoms with van der Waals surface area (Å²) in [5.74, 6) is 0.655. The topological polar surface area (TPSA) is 143 Å². The molecular formula is C15H21ClN6O4. The summed E-state index contributed by atoms with van der Waals surface area (Å²) in [6.07, 6.45) is -1.25. The average molecular weight is 385 g/mol. The Kier molecular flexibility index (Phi) is 4.61. The number of hydrogen-bond donors (Lipinski definition) is 4. The Morgan fingerprint density at radius 2 is 1.85 bits per heavy atom. The molecule has 26 heavy (non-hydrogen) atoms. The highest BCUT2D eigenvalue weighted by Crippen LogP contribution is 2.36. The van der Waals surface area contributed by atoms with E-state index in [1.807, 2.05) is 0 Å². The van der Waals surface area contributed by atoms with E-state index in [0.717, 1.165) is 32.4 Å². The van der Waals surface area contributed by atoms with Gasteiger partial charge in [-0.05, 0) is 30.9 Å².